The molecule has 0 saturated heterocycles. The lowest BCUT2D eigenvalue weighted by Crippen LogP contribution is -2.66. The van der Waals surface area contributed by atoms with Gasteiger partial charge in [0.15, 0.2) is 0 Å². The van der Waals surface area contributed by atoms with Crippen LogP contribution in [0.15, 0.2) is 30.3 Å². The Bertz CT molecular complexity index is 1320. The smallest absolute Gasteiger partial charge is 0.335 e. The molecule has 0 aromatic heterocycles. The molecule has 0 aliphatic heterocycles. The zero-order valence-electron chi connectivity index (χ0n) is 27.8. The van der Waals surface area contributed by atoms with Crippen LogP contribution in [0.1, 0.15) is 129 Å². The summed E-state index contributed by atoms with van der Waals surface area (Å²) in [5, 5.41) is 12.7. The van der Waals surface area contributed by atoms with Crippen LogP contribution in [0.2, 0.25) is 0 Å². The number of allylic oxidation sites excluding steroid dienone is 2. The van der Waals surface area contributed by atoms with Crippen molar-refractivity contribution in [3.63, 3.8) is 0 Å². The summed E-state index contributed by atoms with van der Waals surface area (Å²) < 4.78 is 0. The van der Waals surface area contributed by atoms with Gasteiger partial charge in [-0.05, 0) is 140 Å². The molecule has 0 bridgehead atoms. The molecule has 0 heterocycles. The monoisotopic (exact) mass is 588 g/mol. The lowest BCUT2D eigenvalue weighted by molar-refractivity contribution is -0.222. The number of carbonyl (C=O) groups is 2. The van der Waals surface area contributed by atoms with Crippen LogP contribution in [-0.2, 0) is 4.79 Å². The third kappa shape index (κ3) is 4.41. The average Bonchev–Trinajstić information content (AvgIpc) is 3.37. The molecule has 236 valence electrons. The molecule has 8 atom stereocenters. The number of amides is 1. The molecular formula is C38H56N2O3. The molecule has 1 aromatic rings. The van der Waals surface area contributed by atoms with Gasteiger partial charge in [-0.2, -0.15) is 0 Å². The third-order valence-electron chi connectivity index (χ3n) is 14.5. The molecule has 4 N–H and O–H groups in total. The van der Waals surface area contributed by atoms with Gasteiger partial charge in [-0.1, -0.05) is 59.2 Å². The average molecular weight is 589 g/mol. The van der Waals surface area contributed by atoms with Crippen molar-refractivity contribution in [1.82, 2.24) is 5.32 Å². The van der Waals surface area contributed by atoms with Crippen molar-refractivity contribution < 1.29 is 14.7 Å². The van der Waals surface area contributed by atoms with Gasteiger partial charge in [-0.25, -0.2) is 4.79 Å². The highest BCUT2D eigenvalue weighted by atomic mass is 16.4. The summed E-state index contributed by atoms with van der Waals surface area (Å²) in [6.07, 6.45) is 14.2. The highest BCUT2D eigenvalue weighted by Crippen LogP contribution is 2.77. The Morgan fingerprint density at radius 2 is 1.58 bits per heavy atom. The van der Waals surface area contributed by atoms with Gasteiger partial charge in [0.1, 0.15) is 0 Å². The van der Waals surface area contributed by atoms with E-state index in [1.807, 2.05) is 26.0 Å². The molecule has 1 amide bonds. The molecule has 0 radical (unpaired) electrons. The van der Waals surface area contributed by atoms with Crippen LogP contribution in [-0.4, -0.2) is 29.1 Å². The maximum absolute atomic E-state index is 13.9. The normalized spacial score (nSPS) is 41.6. The number of nitrogens with one attached hydrogen (secondary N) is 1. The van der Waals surface area contributed by atoms with E-state index >= 15 is 0 Å². The van der Waals surface area contributed by atoms with Gasteiger partial charge in [0.25, 0.3) is 0 Å². The maximum atomic E-state index is 13.9. The van der Waals surface area contributed by atoms with E-state index in [1.54, 1.807) is 12.1 Å². The second-order valence-corrected chi connectivity index (χ2v) is 17.4. The first-order chi connectivity index (χ1) is 20.0. The van der Waals surface area contributed by atoms with Gasteiger partial charge < -0.3 is 16.2 Å². The Morgan fingerprint density at radius 1 is 0.884 bits per heavy atom. The Labute approximate surface area is 259 Å². The molecule has 43 heavy (non-hydrogen) atoms. The largest absolute Gasteiger partial charge is 0.478 e. The standard InChI is InChI=1S/C38H56N2O3/c1-33(2,39)23-40-32(43)38-18-8-9-28(38)27-14-15-30-35(5)19-16-26(24-10-12-25(13-11-24)31(41)42)34(3,4)29(35)17-20-37(30,7)36(27,6)21-22-38/h10-13,16,27-30H,8-9,14-15,17-23,39H2,1-7H3,(H,40,43)(H,41,42)/t27?,28?,29?,30?,35?,36-,37?,38?/m1/s1. The van der Waals surface area contributed by atoms with Crippen molar-refractivity contribution in [3.8, 4) is 0 Å². The molecule has 4 fully saturated rings. The fraction of sp³-hybridized carbons (Fsp3) is 0.737. The number of hydrogen-bond acceptors (Lipinski definition) is 3. The lowest BCUT2D eigenvalue weighted by Gasteiger charge is -2.72. The number of benzene rings is 1. The SMILES string of the molecule is CC(C)(N)CNC(=O)C12CCCC1C1CCC3C4(C)CC=C(c5ccc(C(=O)O)cc5)C(C)(C)C4CCC3(C)[C@]1(C)CC2. The fourth-order valence-corrected chi connectivity index (χ4v) is 12.3. The van der Waals surface area contributed by atoms with Gasteiger partial charge in [-0.3, -0.25) is 4.79 Å². The predicted molar refractivity (Wildman–Crippen MR) is 173 cm³/mol. The molecule has 5 heteroatoms. The zero-order chi connectivity index (χ0) is 31.2. The Kier molecular flexibility index (Phi) is 7.13. The number of rotatable bonds is 5. The number of carbonyl (C=O) groups excluding carboxylic acids is 1. The Morgan fingerprint density at radius 3 is 2.23 bits per heavy atom. The van der Waals surface area contributed by atoms with E-state index in [0.29, 0.717) is 35.8 Å². The van der Waals surface area contributed by atoms with Gasteiger partial charge in [0.2, 0.25) is 5.91 Å². The third-order valence-corrected chi connectivity index (χ3v) is 14.5. The van der Waals surface area contributed by atoms with Crippen molar-refractivity contribution in [3.05, 3.63) is 41.5 Å². The van der Waals surface area contributed by atoms with E-state index in [1.165, 1.54) is 49.7 Å². The molecule has 4 saturated carbocycles. The summed E-state index contributed by atoms with van der Waals surface area (Å²) in [6.45, 7) is 17.3. The second kappa shape index (κ2) is 9.93. The van der Waals surface area contributed by atoms with E-state index < -0.39 is 11.5 Å². The number of aromatic carboxylic acids is 1. The van der Waals surface area contributed by atoms with Crippen molar-refractivity contribution in [1.29, 1.82) is 0 Å². The van der Waals surface area contributed by atoms with Crippen molar-refractivity contribution in [2.24, 2.45) is 56.5 Å². The van der Waals surface area contributed by atoms with Crippen molar-refractivity contribution in [2.45, 2.75) is 118 Å². The maximum Gasteiger partial charge on any atom is 0.335 e. The number of hydrogen-bond donors (Lipinski definition) is 3. The molecule has 1 aromatic carbocycles. The van der Waals surface area contributed by atoms with Gasteiger partial charge in [0, 0.05) is 12.1 Å². The molecule has 0 spiro atoms. The van der Waals surface area contributed by atoms with E-state index in [4.69, 9.17) is 5.73 Å². The van der Waals surface area contributed by atoms with Crippen LogP contribution >= 0.6 is 0 Å². The second-order valence-electron chi connectivity index (χ2n) is 17.4. The summed E-state index contributed by atoms with van der Waals surface area (Å²) in [5.74, 6) is 1.74. The molecule has 7 unspecified atom stereocenters. The molecule has 5 aliphatic rings. The lowest BCUT2D eigenvalue weighted by atomic mass is 9.32. The van der Waals surface area contributed by atoms with Gasteiger partial charge >= 0.3 is 5.97 Å². The van der Waals surface area contributed by atoms with E-state index in [2.05, 4.69) is 46.0 Å². The van der Waals surface area contributed by atoms with Crippen LogP contribution in [0.3, 0.4) is 0 Å². The predicted octanol–water partition coefficient (Wildman–Crippen LogP) is 8.09. The minimum atomic E-state index is -0.871. The van der Waals surface area contributed by atoms with Crippen LogP contribution in [0.4, 0.5) is 0 Å². The number of carboxylic acids is 1. The van der Waals surface area contributed by atoms with Crippen LogP contribution < -0.4 is 11.1 Å². The highest BCUT2D eigenvalue weighted by Gasteiger charge is 2.70. The first-order valence-electron chi connectivity index (χ1n) is 17.1. The first-order valence-corrected chi connectivity index (χ1v) is 17.1. The summed E-state index contributed by atoms with van der Waals surface area (Å²) in [7, 11) is 0. The van der Waals surface area contributed by atoms with Crippen LogP contribution in [0.25, 0.3) is 5.57 Å². The van der Waals surface area contributed by atoms with Crippen LogP contribution in [0.5, 0.6) is 0 Å². The summed E-state index contributed by atoms with van der Waals surface area (Å²) in [5.41, 5.74) is 9.31. The quantitative estimate of drug-likeness (QED) is 0.324. The highest BCUT2D eigenvalue weighted by molar-refractivity contribution is 5.88. The zero-order valence-corrected chi connectivity index (χ0v) is 27.8. The Balaban J connectivity index is 1.30. The summed E-state index contributed by atoms with van der Waals surface area (Å²) in [4.78, 5) is 25.4. The molecular weight excluding hydrogens is 532 g/mol. The van der Waals surface area contributed by atoms with Gasteiger partial charge in [-0.15, -0.1) is 0 Å². The van der Waals surface area contributed by atoms with E-state index in [0.717, 1.165) is 25.7 Å². The number of nitrogens with two attached hydrogens (primary N) is 1. The topological polar surface area (TPSA) is 92.4 Å². The summed E-state index contributed by atoms with van der Waals surface area (Å²) in [6, 6.07) is 7.54. The van der Waals surface area contributed by atoms with Crippen molar-refractivity contribution in [2.75, 3.05) is 6.54 Å². The molecule has 5 nitrogen and oxygen atoms in total. The fourth-order valence-electron chi connectivity index (χ4n) is 12.3. The minimum absolute atomic E-state index is 0.0128. The summed E-state index contributed by atoms with van der Waals surface area (Å²) >= 11 is 0. The number of carboxylic acid groups (broad SMARTS) is 1. The molecule has 5 aliphatic carbocycles. The van der Waals surface area contributed by atoms with E-state index in [-0.39, 0.29) is 33.0 Å². The van der Waals surface area contributed by atoms with Crippen molar-refractivity contribution >= 4 is 17.4 Å². The minimum Gasteiger partial charge on any atom is -0.478 e. The first kappa shape index (κ1) is 30.9. The Hall–Kier alpha value is -2.14. The van der Waals surface area contributed by atoms with E-state index in [9.17, 15) is 14.7 Å². The van der Waals surface area contributed by atoms with Crippen LogP contribution in [0, 0.1) is 50.7 Å². The van der Waals surface area contributed by atoms with Gasteiger partial charge in [0.05, 0.1) is 11.0 Å². The molecule has 6 rings (SSSR count). The number of fused-ring (bicyclic) bond motifs is 7.